The van der Waals surface area contributed by atoms with Gasteiger partial charge in [-0.3, -0.25) is 9.52 Å². The van der Waals surface area contributed by atoms with E-state index in [0.717, 1.165) is 44.4 Å². The maximum absolute atomic E-state index is 12.8. The third-order valence-corrected chi connectivity index (χ3v) is 7.75. The molecule has 5 N–H and O–H groups in total. The minimum atomic E-state index is -3.56. The smallest absolute Gasteiger partial charge is 0.328 e. The molecule has 2 aromatic rings. The minimum absolute atomic E-state index is 0.0297. The number of rotatable bonds is 14. The standard InChI is InChI=1S/C30H44N4O7S/c1-5-41-30(38)26(16-20(2)3)32-29(37)22-6-9-24(10-7-22)34-14-12-21(13-15-34)18-31-19-28(36)23-8-11-27(35)25(17-23)33-42(4,39)40/h6-11,17,20-21,26,28,31,33,35-36H,5,12-16,18-19H2,1-4H3,(H,32,37). The lowest BCUT2D eigenvalue weighted by Gasteiger charge is -2.34. The average molecular weight is 605 g/mol. The Morgan fingerprint density at radius 2 is 1.76 bits per heavy atom. The van der Waals surface area contributed by atoms with E-state index in [1.807, 2.05) is 26.0 Å². The Morgan fingerprint density at radius 3 is 2.36 bits per heavy atom. The number of amides is 1. The molecule has 0 aliphatic carbocycles. The van der Waals surface area contributed by atoms with E-state index >= 15 is 0 Å². The molecule has 2 atom stereocenters. The summed E-state index contributed by atoms with van der Waals surface area (Å²) in [4.78, 5) is 27.4. The Hall–Kier alpha value is -3.35. The number of sulfonamides is 1. The molecule has 2 unspecified atom stereocenters. The number of esters is 1. The Kier molecular flexibility index (Phi) is 12.0. The number of phenols is 1. The van der Waals surface area contributed by atoms with Gasteiger partial charge >= 0.3 is 5.97 Å². The lowest BCUT2D eigenvalue weighted by molar-refractivity contribution is -0.145. The molecule has 12 heteroatoms. The van der Waals surface area contributed by atoms with Crippen LogP contribution >= 0.6 is 0 Å². The molecule has 232 valence electrons. The van der Waals surface area contributed by atoms with Crippen LogP contribution in [0.25, 0.3) is 0 Å². The number of nitrogens with zero attached hydrogens (tertiary/aromatic N) is 1. The molecule has 0 aromatic heterocycles. The molecule has 1 aliphatic rings. The van der Waals surface area contributed by atoms with Gasteiger partial charge in [0.05, 0.1) is 24.7 Å². The van der Waals surface area contributed by atoms with Crippen molar-refractivity contribution in [3.8, 4) is 5.75 Å². The number of nitrogens with one attached hydrogen (secondary N) is 3. The number of carbonyl (C=O) groups is 2. The molecule has 0 saturated carbocycles. The first kappa shape index (κ1) is 33.2. The Bertz CT molecular complexity index is 1290. The quantitative estimate of drug-likeness (QED) is 0.162. The number of aromatic hydroxyl groups is 1. The maximum Gasteiger partial charge on any atom is 0.328 e. The summed E-state index contributed by atoms with van der Waals surface area (Å²) in [6.07, 6.45) is 2.56. The van der Waals surface area contributed by atoms with E-state index in [4.69, 9.17) is 4.74 Å². The van der Waals surface area contributed by atoms with Crippen LogP contribution in [0.5, 0.6) is 5.75 Å². The van der Waals surface area contributed by atoms with Crippen molar-refractivity contribution in [3.63, 3.8) is 0 Å². The molecule has 1 fully saturated rings. The van der Waals surface area contributed by atoms with Crippen molar-refractivity contribution in [2.75, 3.05) is 48.7 Å². The van der Waals surface area contributed by atoms with Crippen molar-refractivity contribution in [2.24, 2.45) is 11.8 Å². The zero-order chi connectivity index (χ0) is 30.9. The minimum Gasteiger partial charge on any atom is -0.506 e. The van der Waals surface area contributed by atoms with E-state index in [0.29, 0.717) is 30.0 Å². The van der Waals surface area contributed by atoms with Gasteiger partial charge in [0, 0.05) is 30.9 Å². The van der Waals surface area contributed by atoms with E-state index in [9.17, 15) is 28.2 Å². The molecule has 1 heterocycles. The fourth-order valence-electron chi connectivity index (χ4n) is 4.97. The fourth-order valence-corrected chi connectivity index (χ4v) is 5.54. The SMILES string of the molecule is CCOC(=O)C(CC(C)C)NC(=O)c1ccc(N2CCC(CNCC(O)c3ccc(O)c(NS(C)(=O)=O)c3)CC2)cc1. The van der Waals surface area contributed by atoms with Gasteiger partial charge in [-0.2, -0.15) is 0 Å². The summed E-state index contributed by atoms with van der Waals surface area (Å²) < 4.78 is 30.4. The van der Waals surface area contributed by atoms with Gasteiger partial charge in [-0.1, -0.05) is 19.9 Å². The number of aliphatic hydroxyl groups excluding tert-OH is 1. The predicted octanol–water partition coefficient (Wildman–Crippen LogP) is 3.01. The largest absolute Gasteiger partial charge is 0.506 e. The van der Waals surface area contributed by atoms with Crippen LogP contribution in [-0.4, -0.2) is 75.6 Å². The zero-order valence-electron chi connectivity index (χ0n) is 24.8. The summed E-state index contributed by atoms with van der Waals surface area (Å²) in [5, 5.41) is 26.6. The van der Waals surface area contributed by atoms with E-state index in [1.54, 1.807) is 25.1 Å². The van der Waals surface area contributed by atoms with Gasteiger partial charge in [0.25, 0.3) is 5.91 Å². The predicted molar refractivity (Wildman–Crippen MR) is 163 cm³/mol. The third kappa shape index (κ3) is 10.2. The van der Waals surface area contributed by atoms with Gasteiger partial charge in [-0.15, -0.1) is 0 Å². The van der Waals surface area contributed by atoms with Crippen LogP contribution in [-0.2, 0) is 19.6 Å². The highest BCUT2D eigenvalue weighted by Crippen LogP contribution is 2.28. The van der Waals surface area contributed by atoms with Gasteiger partial charge in [-0.25, -0.2) is 13.2 Å². The summed E-state index contributed by atoms with van der Waals surface area (Å²) in [6.45, 7) is 8.73. The van der Waals surface area contributed by atoms with E-state index in [-0.39, 0.29) is 29.9 Å². The summed E-state index contributed by atoms with van der Waals surface area (Å²) in [5.41, 5.74) is 2.04. The van der Waals surface area contributed by atoms with Crippen molar-refractivity contribution in [2.45, 2.75) is 52.2 Å². The monoisotopic (exact) mass is 604 g/mol. The van der Waals surface area contributed by atoms with Crippen LogP contribution in [0.3, 0.4) is 0 Å². The third-order valence-electron chi connectivity index (χ3n) is 7.16. The number of benzene rings is 2. The van der Waals surface area contributed by atoms with Crippen LogP contribution < -0.4 is 20.3 Å². The number of hydrogen-bond donors (Lipinski definition) is 5. The maximum atomic E-state index is 12.8. The van der Waals surface area contributed by atoms with E-state index < -0.39 is 28.1 Å². The normalized spacial score (nSPS) is 15.7. The van der Waals surface area contributed by atoms with Gasteiger partial charge in [0.2, 0.25) is 10.0 Å². The molecule has 42 heavy (non-hydrogen) atoms. The number of aliphatic hydroxyl groups is 1. The highest BCUT2D eigenvalue weighted by atomic mass is 32.2. The van der Waals surface area contributed by atoms with E-state index in [1.165, 1.54) is 12.1 Å². The highest BCUT2D eigenvalue weighted by Gasteiger charge is 2.24. The van der Waals surface area contributed by atoms with Gasteiger partial charge < -0.3 is 30.5 Å². The number of ether oxygens (including phenoxy) is 1. The summed E-state index contributed by atoms with van der Waals surface area (Å²) in [7, 11) is -3.56. The molecule has 1 saturated heterocycles. The van der Waals surface area contributed by atoms with Crippen molar-refractivity contribution in [1.82, 2.24) is 10.6 Å². The first-order chi connectivity index (χ1) is 19.9. The van der Waals surface area contributed by atoms with Crippen molar-refractivity contribution in [1.29, 1.82) is 0 Å². The molecular formula is C30H44N4O7S. The molecule has 1 amide bonds. The number of piperidine rings is 1. The van der Waals surface area contributed by atoms with Crippen LogP contribution in [0.4, 0.5) is 11.4 Å². The summed E-state index contributed by atoms with van der Waals surface area (Å²) >= 11 is 0. The Morgan fingerprint density at radius 1 is 1.10 bits per heavy atom. The Labute approximate surface area is 248 Å². The first-order valence-corrected chi connectivity index (χ1v) is 16.3. The molecular weight excluding hydrogens is 560 g/mol. The molecule has 3 rings (SSSR count). The van der Waals surface area contributed by atoms with Crippen LogP contribution in [0.1, 0.15) is 62.1 Å². The second kappa shape index (κ2) is 15.2. The number of carbonyl (C=O) groups excluding carboxylic acids is 2. The van der Waals surface area contributed by atoms with Crippen molar-refractivity contribution >= 4 is 33.3 Å². The molecule has 0 radical (unpaired) electrons. The molecule has 2 aromatic carbocycles. The van der Waals surface area contributed by atoms with Crippen molar-refractivity contribution < 1.29 is 33.0 Å². The first-order valence-electron chi connectivity index (χ1n) is 14.4. The van der Waals surface area contributed by atoms with Gasteiger partial charge in [0.15, 0.2) is 0 Å². The lowest BCUT2D eigenvalue weighted by atomic mass is 9.96. The van der Waals surface area contributed by atoms with Crippen molar-refractivity contribution in [3.05, 3.63) is 53.6 Å². The van der Waals surface area contributed by atoms with E-state index in [2.05, 4.69) is 20.3 Å². The number of phenolic OH excluding ortho intramolecular Hbond substituents is 1. The average Bonchev–Trinajstić information content (AvgIpc) is 2.93. The molecule has 1 aliphatic heterocycles. The Balaban J connectivity index is 1.45. The van der Waals surface area contributed by atoms with Gasteiger partial charge in [0.1, 0.15) is 11.8 Å². The second-order valence-corrected chi connectivity index (χ2v) is 13.0. The van der Waals surface area contributed by atoms with Gasteiger partial charge in [-0.05, 0) is 86.5 Å². The number of anilines is 2. The van der Waals surface area contributed by atoms with Crippen LogP contribution in [0, 0.1) is 11.8 Å². The zero-order valence-corrected chi connectivity index (χ0v) is 25.6. The molecule has 11 nitrogen and oxygen atoms in total. The number of hydrogen-bond acceptors (Lipinski definition) is 9. The highest BCUT2D eigenvalue weighted by molar-refractivity contribution is 7.92. The fraction of sp³-hybridized carbons (Fsp3) is 0.533. The lowest BCUT2D eigenvalue weighted by Crippen LogP contribution is -2.42. The van der Waals surface area contributed by atoms with Crippen LogP contribution in [0.2, 0.25) is 0 Å². The topological polar surface area (TPSA) is 157 Å². The van der Waals surface area contributed by atoms with Crippen LogP contribution in [0.15, 0.2) is 42.5 Å². The summed E-state index contributed by atoms with van der Waals surface area (Å²) in [6, 6.07) is 11.1. The molecule has 0 spiro atoms. The second-order valence-electron chi connectivity index (χ2n) is 11.2. The molecule has 0 bridgehead atoms. The summed E-state index contributed by atoms with van der Waals surface area (Å²) in [5.74, 6) is -0.273.